The molecular weight excluding hydrogens is 377 g/mol. The van der Waals surface area contributed by atoms with Crippen LogP contribution in [0, 0.1) is 24.0 Å². The number of alkyl halides is 3. The zero-order valence-electron chi connectivity index (χ0n) is 13.3. The number of carbonyl (C=O) groups excluding carboxylic acids is 1. The van der Waals surface area contributed by atoms with Gasteiger partial charge in [0.2, 0.25) is 6.41 Å². The van der Waals surface area contributed by atoms with Gasteiger partial charge in [0.25, 0.3) is 0 Å². The highest BCUT2D eigenvalue weighted by Gasteiger charge is 2.41. The molecule has 4 nitrogen and oxygen atoms in total. The normalized spacial score (nSPS) is 11.3. The number of nitrogens with zero attached hydrogens (tertiary/aromatic N) is 3. The molecule has 0 saturated carbocycles. The Labute approximate surface area is 150 Å². The number of rotatable bonds is 6. The van der Waals surface area contributed by atoms with Crippen molar-refractivity contribution in [3.05, 3.63) is 35.5 Å². The van der Waals surface area contributed by atoms with Crippen molar-refractivity contribution in [2.75, 3.05) is 10.7 Å². The third-order valence-corrected chi connectivity index (χ3v) is 4.38. The highest BCUT2D eigenvalue weighted by Crippen LogP contribution is 2.44. The van der Waals surface area contributed by atoms with E-state index in [1.807, 2.05) is 0 Å². The summed E-state index contributed by atoms with van der Waals surface area (Å²) in [5, 5.41) is 3.40. The highest BCUT2D eigenvalue weighted by molar-refractivity contribution is 7.99. The van der Waals surface area contributed by atoms with Gasteiger partial charge in [-0.2, -0.15) is 18.3 Å². The van der Waals surface area contributed by atoms with Crippen LogP contribution in [0.4, 0.5) is 33.3 Å². The minimum Gasteiger partial charge on any atom is -0.278 e. The molecule has 2 aromatic rings. The van der Waals surface area contributed by atoms with Gasteiger partial charge in [0, 0.05) is 25.3 Å². The van der Waals surface area contributed by atoms with Gasteiger partial charge < -0.3 is 0 Å². The summed E-state index contributed by atoms with van der Waals surface area (Å²) in [4.78, 5) is 12.0. The van der Waals surface area contributed by atoms with E-state index in [1.165, 1.54) is 7.05 Å². The van der Waals surface area contributed by atoms with E-state index in [9.17, 15) is 26.7 Å². The quantitative estimate of drug-likeness (QED) is 0.245. The molecular formula is C16H12F5N3OS. The van der Waals surface area contributed by atoms with Crippen molar-refractivity contribution in [3.8, 4) is 12.3 Å². The van der Waals surface area contributed by atoms with E-state index in [0.717, 1.165) is 28.6 Å². The predicted octanol–water partition coefficient (Wildman–Crippen LogP) is 4.13. The van der Waals surface area contributed by atoms with Crippen LogP contribution in [0.25, 0.3) is 0 Å². The van der Waals surface area contributed by atoms with E-state index >= 15 is 0 Å². The number of aromatic nitrogens is 2. The SMILES string of the molecule is C#CCCSc1c(N(C=O)c2ccc(F)cc2F)c(C(F)(F)F)nn1C. The van der Waals surface area contributed by atoms with Gasteiger partial charge in [0.1, 0.15) is 22.3 Å². The molecule has 138 valence electrons. The minimum absolute atomic E-state index is 0.0216. The van der Waals surface area contributed by atoms with Gasteiger partial charge in [-0.1, -0.05) is 0 Å². The Balaban J connectivity index is 2.66. The average Bonchev–Trinajstić information content (AvgIpc) is 2.88. The first-order chi connectivity index (χ1) is 12.2. The van der Waals surface area contributed by atoms with Gasteiger partial charge in [-0.3, -0.25) is 14.4 Å². The molecule has 1 amide bonds. The molecule has 10 heteroatoms. The van der Waals surface area contributed by atoms with E-state index in [4.69, 9.17) is 6.42 Å². The Bertz CT molecular complexity index is 857. The minimum atomic E-state index is -4.89. The third-order valence-electron chi connectivity index (χ3n) is 3.24. The van der Waals surface area contributed by atoms with Crippen LogP contribution in [0.15, 0.2) is 23.2 Å². The van der Waals surface area contributed by atoms with Gasteiger partial charge in [-0.25, -0.2) is 8.78 Å². The molecule has 1 aromatic carbocycles. The van der Waals surface area contributed by atoms with Crippen molar-refractivity contribution < 1.29 is 26.7 Å². The number of aryl methyl sites for hydroxylation is 1. The lowest BCUT2D eigenvalue weighted by Crippen LogP contribution is -2.20. The number of thioether (sulfide) groups is 1. The molecule has 0 fully saturated rings. The Hall–Kier alpha value is -2.54. The second kappa shape index (κ2) is 7.78. The molecule has 0 saturated heterocycles. The lowest BCUT2D eigenvalue weighted by Gasteiger charge is -2.20. The summed E-state index contributed by atoms with van der Waals surface area (Å²) in [5.74, 6) is 0.495. The summed E-state index contributed by atoms with van der Waals surface area (Å²) in [6.45, 7) is 0. The topological polar surface area (TPSA) is 38.1 Å². The maximum Gasteiger partial charge on any atom is 0.437 e. The Morgan fingerprint density at radius 3 is 2.62 bits per heavy atom. The molecule has 1 heterocycles. The van der Waals surface area contributed by atoms with Gasteiger partial charge >= 0.3 is 6.18 Å². The molecule has 0 radical (unpaired) electrons. The lowest BCUT2D eigenvalue weighted by molar-refractivity contribution is -0.140. The van der Waals surface area contributed by atoms with Gasteiger partial charge in [0.05, 0.1) is 5.69 Å². The largest absolute Gasteiger partial charge is 0.437 e. The first-order valence-corrected chi connectivity index (χ1v) is 8.09. The number of carbonyl (C=O) groups is 1. The summed E-state index contributed by atoms with van der Waals surface area (Å²) in [5.41, 5.74) is -2.53. The van der Waals surface area contributed by atoms with Crippen molar-refractivity contribution in [1.82, 2.24) is 9.78 Å². The molecule has 0 bridgehead atoms. The standard InChI is InChI=1S/C16H12F5N3OS/c1-3-4-7-26-15-13(14(16(19,20)21)22-23(15)2)24(9-25)12-6-5-10(17)8-11(12)18/h1,5-6,8-9H,4,7H2,2H3. The fraction of sp³-hybridized carbons (Fsp3) is 0.250. The number of terminal acetylenes is 1. The van der Waals surface area contributed by atoms with Crippen molar-refractivity contribution >= 4 is 29.5 Å². The van der Waals surface area contributed by atoms with Gasteiger partial charge in [-0.15, -0.1) is 24.1 Å². The number of benzene rings is 1. The van der Waals surface area contributed by atoms with E-state index in [-0.39, 0.29) is 23.6 Å². The molecule has 0 atom stereocenters. The number of amides is 1. The maximum atomic E-state index is 14.1. The van der Waals surface area contributed by atoms with Gasteiger partial charge in [0.15, 0.2) is 5.69 Å². The molecule has 0 spiro atoms. The van der Waals surface area contributed by atoms with Gasteiger partial charge in [-0.05, 0) is 12.1 Å². The van der Waals surface area contributed by atoms with E-state index < -0.39 is 34.9 Å². The van der Waals surface area contributed by atoms with Crippen LogP contribution in [-0.4, -0.2) is 21.9 Å². The Morgan fingerprint density at radius 2 is 2.08 bits per heavy atom. The number of hydrogen-bond acceptors (Lipinski definition) is 3. The summed E-state index contributed by atoms with van der Waals surface area (Å²) >= 11 is 0.943. The summed E-state index contributed by atoms with van der Waals surface area (Å²) < 4.78 is 68.3. The second-order valence-electron chi connectivity index (χ2n) is 5.00. The zero-order chi connectivity index (χ0) is 19.5. The fourth-order valence-corrected chi connectivity index (χ4v) is 3.15. The van der Waals surface area contributed by atoms with Crippen LogP contribution >= 0.6 is 11.8 Å². The van der Waals surface area contributed by atoms with Crippen LogP contribution in [-0.2, 0) is 18.0 Å². The molecule has 0 aliphatic rings. The molecule has 0 aliphatic heterocycles. The molecule has 0 unspecified atom stereocenters. The van der Waals surface area contributed by atoms with Crippen LogP contribution in [0.5, 0.6) is 0 Å². The molecule has 26 heavy (non-hydrogen) atoms. The smallest absolute Gasteiger partial charge is 0.278 e. The highest BCUT2D eigenvalue weighted by atomic mass is 32.2. The molecule has 1 aromatic heterocycles. The number of halogens is 5. The fourth-order valence-electron chi connectivity index (χ4n) is 2.18. The average molecular weight is 389 g/mol. The van der Waals surface area contributed by atoms with Crippen LogP contribution in [0.1, 0.15) is 12.1 Å². The summed E-state index contributed by atoms with van der Waals surface area (Å²) in [6.07, 6.45) is 0.532. The van der Waals surface area contributed by atoms with Crippen molar-refractivity contribution in [3.63, 3.8) is 0 Å². The Morgan fingerprint density at radius 1 is 1.38 bits per heavy atom. The van der Waals surface area contributed by atoms with Crippen molar-refractivity contribution in [2.24, 2.45) is 7.05 Å². The third kappa shape index (κ3) is 3.99. The molecule has 0 aliphatic carbocycles. The number of hydrogen-bond donors (Lipinski definition) is 0. The second-order valence-corrected chi connectivity index (χ2v) is 6.08. The van der Waals surface area contributed by atoms with E-state index in [2.05, 4.69) is 11.0 Å². The Kier molecular flexibility index (Phi) is 5.92. The summed E-state index contributed by atoms with van der Waals surface area (Å²) in [7, 11) is 1.26. The van der Waals surface area contributed by atoms with Crippen LogP contribution < -0.4 is 4.90 Å². The molecule has 2 rings (SSSR count). The van der Waals surface area contributed by atoms with Crippen molar-refractivity contribution in [1.29, 1.82) is 0 Å². The summed E-state index contributed by atoms with van der Waals surface area (Å²) in [6, 6.07) is 2.19. The molecule has 0 N–H and O–H groups in total. The predicted molar refractivity (Wildman–Crippen MR) is 86.9 cm³/mol. The number of anilines is 2. The van der Waals surface area contributed by atoms with E-state index in [1.54, 1.807) is 0 Å². The first kappa shape index (κ1) is 19.8. The zero-order valence-corrected chi connectivity index (χ0v) is 14.2. The van der Waals surface area contributed by atoms with E-state index in [0.29, 0.717) is 11.0 Å². The maximum absolute atomic E-state index is 14.1. The first-order valence-electron chi connectivity index (χ1n) is 7.10. The van der Waals surface area contributed by atoms with Crippen LogP contribution in [0.2, 0.25) is 0 Å². The lowest BCUT2D eigenvalue weighted by atomic mass is 10.2. The van der Waals surface area contributed by atoms with Crippen LogP contribution in [0.3, 0.4) is 0 Å². The monoisotopic (exact) mass is 389 g/mol. The van der Waals surface area contributed by atoms with Crippen molar-refractivity contribution in [2.45, 2.75) is 17.6 Å².